The molecule has 0 spiro atoms. The van der Waals surface area contributed by atoms with E-state index in [1.54, 1.807) is 43.0 Å². The maximum absolute atomic E-state index is 13.6. The van der Waals surface area contributed by atoms with Crippen molar-refractivity contribution in [2.24, 2.45) is 0 Å². The van der Waals surface area contributed by atoms with Gasteiger partial charge in [0.2, 0.25) is 0 Å². The van der Waals surface area contributed by atoms with E-state index >= 15 is 0 Å². The zero-order valence-corrected chi connectivity index (χ0v) is 18.7. The van der Waals surface area contributed by atoms with Crippen LogP contribution in [0.5, 0.6) is 0 Å². The summed E-state index contributed by atoms with van der Waals surface area (Å²) in [6.07, 6.45) is 4.54. The minimum Gasteiger partial charge on any atom is -0.322 e. The van der Waals surface area contributed by atoms with Gasteiger partial charge in [-0.2, -0.15) is 18.4 Å². The van der Waals surface area contributed by atoms with Gasteiger partial charge in [0.1, 0.15) is 12.4 Å². The van der Waals surface area contributed by atoms with Gasteiger partial charge in [-0.05, 0) is 42.8 Å². The van der Waals surface area contributed by atoms with Crippen molar-refractivity contribution in [3.05, 3.63) is 96.1 Å². The number of rotatable bonds is 4. The van der Waals surface area contributed by atoms with E-state index in [9.17, 15) is 18.0 Å². The monoisotopic (exact) mass is 487 g/mol. The molecule has 3 heterocycles. The third kappa shape index (κ3) is 4.27. The third-order valence-corrected chi connectivity index (χ3v) is 5.59. The lowest BCUT2D eigenvalue weighted by Gasteiger charge is -2.14. The molecule has 0 saturated heterocycles. The second-order valence-electron chi connectivity index (χ2n) is 7.98. The molecule has 0 aliphatic rings. The van der Waals surface area contributed by atoms with Crippen molar-refractivity contribution in [1.82, 2.24) is 23.9 Å². The standard InChI is InChI=1S/C25H16F3N7O/c1-15-2-3-16(6-21(15)22-11-31-23-12-30-4-5-35(22)23)24(36)33-18-7-17(25(26,27)28)8-20(9-18)34-13-19(10-29)32-14-34/h2-9,11-14H,1H3,(H,33,36). The molecule has 0 bridgehead atoms. The summed E-state index contributed by atoms with van der Waals surface area (Å²) in [5, 5.41) is 11.5. The summed E-state index contributed by atoms with van der Waals surface area (Å²) in [6.45, 7) is 1.89. The van der Waals surface area contributed by atoms with Crippen molar-refractivity contribution < 1.29 is 18.0 Å². The van der Waals surface area contributed by atoms with Crippen LogP contribution in [-0.2, 0) is 6.18 Å². The number of nitrogens with zero attached hydrogens (tertiary/aromatic N) is 6. The maximum Gasteiger partial charge on any atom is 0.416 e. The topological polar surface area (TPSA) is 101 Å². The fourth-order valence-corrected chi connectivity index (χ4v) is 3.80. The Balaban J connectivity index is 1.51. The molecule has 2 aromatic carbocycles. The molecule has 3 aromatic heterocycles. The molecule has 178 valence electrons. The molecule has 36 heavy (non-hydrogen) atoms. The number of imidazole rings is 2. The SMILES string of the molecule is Cc1ccc(C(=O)Nc2cc(-n3cnc(C#N)c3)cc(C(F)(F)F)c2)cc1-c1cnc2cnccn12. The Morgan fingerprint density at radius 3 is 2.69 bits per heavy atom. The van der Waals surface area contributed by atoms with Crippen LogP contribution in [0, 0.1) is 18.3 Å². The normalized spacial score (nSPS) is 11.4. The number of benzene rings is 2. The fraction of sp³-hybridized carbons (Fsp3) is 0.0800. The minimum absolute atomic E-state index is 0.0494. The van der Waals surface area contributed by atoms with Crippen LogP contribution in [-0.4, -0.2) is 29.8 Å². The van der Waals surface area contributed by atoms with Crippen molar-refractivity contribution in [3.63, 3.8) is 0 Å². The number of amides is 1. The molecule has 1 amide bonds. The minimum atomic E-state index is -4.65. The molecule has 0 atom stereocenters. The van der Waals surface area contributed by atoms with E-state index in [-0.39, 0.29) is 22.6 Å². The van der Waals surface area contributed by atoms with Crippen molar-refractivity contribution in [2.75, 3.05) is 5.32 Å². The first-order valence-corrected chi connectivity index (χ1v) is 10.6. The molecular formula is C25H16F3N7O. The highest BCUT2D eigenvalue weighted by Gasteiger charge is 2.31. The van der Waals surface area contributed by atoms with Crippen LogP contribution in [0.4, 0.5) is 18.9 Å². The molecule has 0 saturated carbocycles. The number of carbonyl (C=O) groups is 1. The van der Waals surface area contributed by atoms with Gasteiger partial charge in [0.25, 0.3) is 5.91 Å². The molecule has 11 heteroatoms. The molecule has 0 aliphatic heterocycles. The second kappa shape index (κ2) is 8.66. The Bertz CT molecular complexity index is 1660. The molecule has 0 unspecified atom stereocenters. The molecule has 8 nitrogen and oxygen atoms in total. The molecule has 0 radical (unpaired) electrons. The largest absolute Gasteiger partial charge is 0.416 e. The lowest BCUT2D eigenvalue weighted by molar-refractivity contribution is -0.137. The predicted octanol–water partition coefficient (Wildman–Crippen LogP) is 5.03. The van der Waals surface area contributed by atoms with Crippen molar-refractivity contribution in [2.45, 2.75) is 13.1 Å². The molecule has 0 aliphatic carbocycles. The number of aromatic nitrogens is 5. The second-order valence-corrected chi connectivity index (χ2v) is 7.98. The van der Waals surface area contributed by atoms with Gasteiger partial charge in [-0.1, -0.05) is 6.07 Å². The van der Waals surface area contributed by atoms with E-state index in [1.807, 2.05) is 17.4 Å². The molecule has 5 rings (SSSR count). The average molecular weight is 487 g/mol. The summed E-state index contributed by atoms with van der Waals surface area (Å²) < 4.78 is 43.8. The van der Waals surface area contributed by atoms with Crippen molar-refractivity contribution >= 4 is 17.2 Å². The van der Waals surface area contributed by atoms with Crippen LogP contribution in [0.15, 0.2) is 73.7 Å². The van der Waals surface area contributed by atoms with Gasteiger partial charge in [0.15, 0.2) is 11.3 Å². The summed E-state index contributed by atoms with van der Waals surface area (Å²) in [6, 6.07) is 10.0. The average Bonchev–Trinajstić information content (AvgIpc) is 3.51. The lowest BCUT2D eigenvalue weighted by Crippen LogP contribution is -2.14. The number of halogens is 3. The van der Waals surface area contributed by atoms with Crippen LogP contribution >= 0.6 is 0 Å². The van der Waals surface area contributed by atoms with E-state index in [4.69, 9.17) is 5.26 Å². The fourth-order valence-electron chi connectivity index (χ4n) is 3.80. The molecule has 1 N–H and O–H groups in total. The Hall–Kier alpha value is -4.98. The van der Waals surface area contributed by atoms with E-state index in [0.717, 1.165) is 29.0 Å². The van der Waals surface area contributed by atoms with Gasteiger partial charge < -0.3 is 9.88 Å². The van der Waals surface area contributed by atoms with Crippen LogP contribution in [0.2, 0.25) is 0 Å². The van der Waals surface area contributed by atoms with Crippen molar-refractivity contribution in [3.8, 4) is 23.0 Å². The number of nitrogens with one attached hydrogen (secondary N) is 1. The number of alkyl halides is 3. The Morgan fingerprint density at radius 1 is 1.11 bits per heavy atom. The number of anilines is 1. The van der Waals surface area contributed by atoms with E-state index < -0.39 is 17.6 Å². The number of nitriles is 1. The highest BCUT2D eigenvalue weighted by Crippen LogP contribution is 2.33. The first-order chi connectivity index (χ1) is 17.2. The molecule has 0 fully saturated rings. The first kappa shape index (κ1) is 22.8. The quantitative estimate of drug-likeness (QED) is 0.383. The van der Waals surface area contributed by atoms with Crippen LogP contribution in [0.3, 0.4) is 0 Å². The van der Waals surface area contributed by atoms with Gasteiger partial charge in [-0.15, -0.1) is 0 Å². The maximum atomic E-state index is 13.6. The van der Waals surface area contributed by atoms with E-state index in [1.165, 1.54) is 23.2 Å². The number of hydrogen-bond donors (Lipinski definition) is 1. The predicted molar refractivity (Wildman–Crippen MR) is 124 cm³/mol. The van der Waals surface area contributed by atoms with Gasteiger partial charge in [-0.25, -0.2) is 9.97 Å². The Kier molecular flexibility index (Phi) is 5.49. The Morgan fingerprint density at radius 2 is 1.94 bits per heavy atom. The van der Waals surface area contributed by atoms with Gasteiger partial charge in [0, 0.05) is 41.1 Å². The zero-order valence-electron chi connectivity index (χ0n) is 18.7. The number of carbonyl (C=O) groups excluding carboxylic acids is 1. The van der Waals surface area contributed by atoms with E-state index in [0.29, 0.717) is 5.65 Å². The van der Waals surface area contributed by atoms with Crippen LogP contribution in [0.25, 0.3) is 22.6 Å². The zero-order chi connectivity index (χ0) is 25.4. The third-order valence-electron chi connectivity index (χ3n) is 5.59. The number of aryl methyl sites for hydroxylation is 1. The van der Waals surface area contributed by atoms with Gasteiger partial charge >= 0.3 is 6.18 Å². The summed E-state index contributed by atoms with van der Waals surface area (Å²) in [5.74, 6) is -0.583. The molecular weight excluding hydrogens is 471 g/mol. The Labute approximate surface area is 202 Å². The number of hydrogen-bond acceptors (Lipinski definition) is 5. The summed E-state index contributed by atoms with van der Waals surface area (Å²) in [4.78, 5) is 25.3. The van der Waals surface area contributed by atoms with Crippen LogP contribution in [0.1, 0.15) is 27.2 Å². The summed E-state index contributed by atoms with van der Waals surface area (Å²) in [5.41, 5.74) is 2.41. The molecule has 5 aromatic rings. The van der Waals surface area contributed by atoms with Gasteiger partial charge in [0.05, 0.1) is 23.7 Å². The van der Waals surface area contributed by atoms with Gasteiger partial charge in [-0.3, -0.25) is 14.2 Å². The smallest absolute Gasteiger partial charge is 0.322 e. The highest BCUT2D eigenvalue weighted by atomic mass is 19.4. The lowest BCUT2D eigenvalue weighted by atomic mass is 10.0. The van der Waals surface area contributed by atoms with Crippen molar-refractivity contribution in [1.29, 1.82) is 5.26 Å². The summed E-state index contributed by atoms with van der Waals surface area (Å²) >= 11 is 0. The summed E-state index contributed by atoms with van der Waals surface area (Å²) in [7, 11) is 0. The highest BCUT2D eigenvalue weighted by molar-refractivity contribution is 6.05. The van der Waals surface area contributed by atoms with Crippen LogP contribution < -0.4 is 5.32 Å². The first-order valence-electron chi connectivity index (χ1n) is 10.6. The van der Waals surface area contributed by atoms with E-state index in [2.05, 4.69) is 20.3 Å². The number of fused-ring (bicyclic) bond motifs is 1.